The average molecular weight is 424 g/mol. The van der Waals surface area contributed by atoms with Crippen LogP contribution in [0.1, 0.15) is 11.3 Å². The molecule has 3 aromatic rings. The van der Waals surface area contributed by atoms with Gasteiger partial charge in [-0.3, -0.25) is 0 Å². The molecule has 2 aromatic heterocycles. The second-order valence-electron chi connectivity index (χ2n) is 6.94. The summed E-state index contributed by atoms with van der Waals surface area (Å²) >= 11 is 1.42. The first-order valence-corrected chi connectivity index (χ1v) is 10.1. The Morgan fingerprint density at radius 3 is 2.63 bits per heavy atom. The molecule has 0 atom stereocenters. The van der Waals surface area contributed by atoms with Gasteiger partial charge >= 0.3 is 12.9 Å². The number of aliphatic carboxylic acids is 1. The summed E-state index contributed by atoms with van der Waals surface area (Å²) in [4.78, 5) is 11.4. The molecule has 2 aliphatic rings. The molecule has 0 bridgehead atoms. The van der Waals surface area contributed by atoms with Gasteiger partial charge in [-0.2, -0.15) is 0 Å². The van der Waals surface area contributed by atoms with E-state index in [1.54, 1.807) is 54.6 Å². The summed E-state index contributed by atoms with van der Waals surface area (Å²) in [6.45, 7) is -4.57. The third kappa shape index (κ3) is 2.90. The molecule has 1 aromatic carbocycles. The highest BCUT2D eigenvalue weighted by Crippen LogP contribution is 2.37. The highest BCUT2D eigenvalue weighted by atomic mass is 32.1. The van der Waals surface area contributed by atoms with Crippen molar-refractivity contribution in [3.63, 3.8) is 0 Å². The van der Waals surface area contributed by atoms with Crippen molar-refractivity contribution in [2.24, 2.45) is 0 Å². The molecule has 0 unspecified atom stereocenters. The summed E-state index contributed by atoms with van der Waals surface area (Å²) in [5.41, 5.74) is 2.37. The third-order valence-electron chi connectivity index (χ3n) is 5.10. The maximum absolute atomic E-state index is 15.8. The van der Waals surface area contributed by atoms with Crippen LogP contribution in [-0.4, -0.2) is 39.3 Å². The number of rotatable bonds is 5. The summed E-state index contributed by atoms with van der Waals surface area (Å²) < 4.78 is 39.0. The van der Waals surface area contributed by atoms with Crippen LogP contribution in [0.25, 0.3) is 16.6 Å². The van der Waals surface area contributed by atoms with Crippen LogP contribution in [-0.2, 0) is 4.79 Å². The molecule has 9 heteroatoms. The first kappa shape index (κ1) is 18.6. The van der Waals surface area contributed by atoms with Crippen LogP contribution >= 0.6 is 11.3 Å². The second-order valence-corrected chi connectivity index (χ2v) is 7.89. The van der Waals surface area contributed by atoms with Crippen molar-refractivity contribution >= 4 is 36.1 Å². The number of thiophene rings is 1. The van der Waals surface area contributed by atoms with Crippen LogP contribution in [0.15, 0.2) is 71.8 Å². The number of aromatic nitrogens is 1. The highest BCUT2D eigenvalue weighted by molar-refractivity contribution is 7.13. The zero-order chi connectivity index (χ0) is 20.9. The van der Waals surface area contributed by atoms with Gasteiger partial charge in [0.2, 0.25) is 0 Å². The monoisotopic (exact) mass is 424 g/mol. The van der Waals surface area contributed by atoms with Crippen LogP contribution in [0.5, 0.6) is 5.75 Å². The lowest BCUT2D eigenvalue weighted by atomic mass is 9.90. The smallest absolute Gasteiger partial charge is 0.482 e. The summed E-state index contributed by atoms with van der Waals surface area (Å²) in [5.74, 6) is -0.718. The van der Waals surface area contributed by atoms with Crippen molar-refractivity contribution in [2.45, 2.75) is 0 Å². The topological polar surface area (TPSA) is 54.5 Å². The number of carboxylic acid groups (broad SMARTS) is 1. The molecule has 150 valence electrons. The van der Waals surface area contributed by atoms with Crippen LogP contribution in [0.2, 0.25) is 0 Å². The Hall–Kier alpha value is -3.46. The van der Waals surface area contributed by atoms with Crippen molar-refractivity contribution < 1.29 is 27.8 Å². The lowest BCUT2D eigenvalue weighted by molar-refractivity contribution is -0.360. The van der Waals surface area contributed by atoms with E-state index in [9.17, 15) is 4.79 Å². The van der Waals surface area contributed by atoms with Gasteiger partial charge in [0.25, 0.3) is 0 Å². The van der Waals surface area contributed by atoms with Crippen molar-refractivity contribution in [1.29, 1.82) is 0 Å². The normalized spacial score (nSPS) is 16.3. The Morgan fingerprint density at radius 2 is 1.93 bits per heavy atom. The lowest BCUT2D eigenvalue weighted by Crippen LogP contribution is -2.50. The Bertz CT molecular complexity index is 1240. The molecule has 1 N–H and O–H groups in total. The minimum absolute atomic E-state index is 0.364. The van der Waals surface area contributed by atoms with Gasteiger partial charge in [-0.25, -0.2) is 4.79 Å². The molecule has 4 heterocycles. The standard InChI is InChI=1S/C21H15BF2N2O3S/c23-22(24)25-15(12-16-6-10-19(26(16)22)20-2-1-11-30-20)5-9-18(25)14-3-7-17(8-4-14)29-13-21(27)28/h1-12H,13H2,(H,27,28). The number of nitrogens with zero attached hydrogens (tertiary/aromatic N) is 2. The maximum atomic E-state index is 15.8. The summed E-state index contributed by atoms with van der Waals surface area (Å²) in [6.07, 6.45) is 5.11. The number of ether oxygens (including phenoxy) is 1. The van der Waals surface area contributed by atoms with Gasteiger partial charge in [-0.05, 0) is 47.8 Å². The van der Waals surface area contributed by atoms with Crippen molar-refractivity contribution in [1.82, 2.24) is 4.48 Å². The van der Waals surface area contributed by atoms with Gasteiger partial charge in [-0.1, -0.05) is 6.07 Å². The molecule has 0 spiro atoms. The van der Waals surface area contributed by atoms with E-state index in [4.69, 9.17) is 9.84 Å². The molecule has 2 aliphatic heterocycles. The molecular formula is C21H15BF2N2O3S. The van der Waals surface area contributed by atoms with Gasteiger partial charge in [-0.15, -0.1) is 11.3 Å². The fraction of sp³-hybridized carbons (Fsp3) is 0.0476. The van der Waals surface area contributed by atoms with E-state index in [1.807, 2.05) is 17.5 Å². The molecule has 0 radical (unpaired) electrons. The highest BCUT2D eigenvalue weighted by Gasteiger charge is 2.52. The van der Waals surface area contributed by atoms with Crippen molar-refractivity contribution in [2.75, 3.05) is 6.61 Å². The van der Waals surface area contributed by atoms with Crippen LogP contribution in [0, 0.1) is 0 Å². The number of hydrogen-bond acceptors (Lipinski definition) is 3. The number of benzene rings is 1. The van der Waals surface area contributed by atoms with E-state index < -0.39 is 19.5 Å². The van der Waals surface area contributed by atoms with E-state index >= 15 is 8.63 Å². The van der Waals surface area contributed by atoms with Crippen LogP contribution < -0.4 is 4.74 Å². The fourth-order valence-electron chi connectivity index (χ4n) is 3.85. The van der Waals surface area contributed by atoms with Gasteiger partial charge < -0.3 is 27.4 Å². The predicted molar refractivity (Wildman–Crippen MR) is 112 cm³/mol. The zero-order valence-corrected chi connectivity index (χ0v) is 16.4. The van der Waals surface area contributed by atoms with E-state index in [-0.39, 0.29) is 0 Å². The molecule has 0 amide bonds. The minimum atomic E-state index is -4.11. The molecule has 0 saturated heterocycles. The van der Waals surface area contributed by atoms with E-state index in [0.29, 0.717) is 34.1 Å². The van der Waals surface area contributed by atoms with Gasteiger partial charge in [0, 0.05) is 40.1 Å². The number of carbonyl (C=O) groups is 1. The number of halogens is 2. The second kappa shape index (κ2) is 6.81. The Labute approximate surface area is 174 Å². The van der Waals surface area contributed by atoms with Crippen LogP contribution in [0.4, 0.5) is 8.63 Å². The van der Waals surface area contributed by atoms with Gasteiger partial charge in [0.05, 0.1) is 0 Å². The molecule has 5 rings (SSSR count). The Morgan fingerprint density at radius 1 is 1.13 bits per heavy atom. The molecule has 5 nitrogen and oxygen atoms in total. The Balaban J connectivity index is 1.58. The maximum Gasteiger partial charge on any atom is 0.737 e. The van der Waals surface area contributed by atoms with Gasteiger partial charge in [0.1, 0.15) is 5.75 Å². The average Bonchev–Trinajstić information content (AvgIpc) is 3.46. The summed E-state index contributed by atoms with van der Waals surface area (Å²) in [7, 11) is 0. The lowest BCUT2D eigenvalue weighted by Gasteiger charge is -2.30. The van der Waals surface area contributed by atoms with Crippen molar-refractivity contribution in [3.05, 3.63) is 83.0 Å². The fourth-order valence-corrected chi connectivity index (χ4v) is 4.60. The largest absolute Gasteiger partial charge is 0.737 e. The summed E-state index contributed by atoms with van der Waals surface area (Å²) in [5, 5.41) is 10.6. The Kier molecular flexibility index (Phi) is 4.21. The summed E-state index contributed by atoms with van der Waals surface area (Å²) in [6, 6.07) is 13.6. The number of allylic oxidation sites excluding steroid dienone is 2. The quantitative estimate of drug-likeness (QED) is 0.621. The van der Waals surface area contributed by atoms with E-state index in [1.165, 1.54) is 11.3 Å². The van der Waals surface area contributed by atoms with Crippen molar-refractivity contribution in [3.8, 4) is 16.3 Å². The SMILES string of the molecule is O=C(O)COc1ccc(C2=[N+]3C(=Cc4ccc(-c5cccs5)n4[B-]3(F)F)C=C2)cc1. The van der Waals surface area contributed by atoms with Crippen LogP contribution in [0.3, 0.4) is 0 Å². The predicted octanol–water partition coefficient (Wildman–Crippen LogP) is 4.33. The molecule has 0 aliphatic carbocycles. The molecule has 0 fully saturated rings. The number of fused-ring (bicyclic) bond motifs is 2. The molecule has 30 heavy (non-hydrogen) atoms. The third-order valence-corrected chi connectivity index (χ3v) is 5.99. The number of carboxylic acids is 1. The zero-order valence-electron chi connectivity index (χ0n) is 15.5. The molecule has 0 saturated carbocycles. The van der Waals surface area contributed by atoms with Gasteiger partial charge in [0.15, 0.2) is 18.0 Å². The minimum Gasteiger partial charge on any atom is -0.482 e. The first-order valence-electron chi connectivity index (χ1n) is 9.24. The first-order chi connectivity index (χ1) is 14.4. The van der Waals surface area contributed by atoms with E-state index in [2.05, 4.69) is 0 Å². The molecular weight excluding hydrogens is 409 g/mol. The van der Waals surface area contributed by atoms with E-state index in [0.717, 1.165) is 13.8 Å². The number of hydrogen-bond donors (Lipinski definition) is 1.